The van der Waals surface area contributed by atoms with Gasteiger partial charge in [-0.1, -0.05) is 12.1 Å². The van der Waals surface area contributed by atoms with Gasteiger partial charge in [-0.25, -0.2) is 4.98 Å². The van der Waals surface area contributed by atoms with E-state index in [0.29, 0.717) is 29.6 Å². The Kier molecular flexibility index (Phi) is 7.55. The van der Waals surface area contributed by atoms with Crippen LogP contribution in [0.4, 0.5) is 24.9 Å². The summed E-state index contributed by atoms with van der Waals surface area (Å²) in [5, 5.41) is 6.49. The Bertz CT molecular complexity index is 853. The van der Waals surface area contributed by atoms with Crippen LogP contribution in [0.1, 0.15) is 13.8 Å². The van der Waals surface area contributed by atoms with Crippen molar-refractivity contribution in [3.05, 3.63) is 30.3 Å². The van der Waals surface area contributed by atoms with Crippen molar-refractivity contribution in [3.63, 3.8) is 0 Å². The molecule has 3 rings (SSSR count). The number of alkyl halides is 3. The molecule has 0 spiro atoms. The fourth-order valence-electron chi connectivity index (χ4n) is 3.27. The molecule has 1 saturated heterocycles. The third kappa shape index (κ3) is 7.55. The third-order valence-electron chi connectivity index (χ3n) is 4.84. The van der Waals surface area contributed by atoms with Crippen LogP contribution in [0, 0.1) is 0 Å². The number of hydrogen-bond acceptors (Lipinski definition) is 7. The van der Waals surface area contributed by atoms with E-state index in [9.17, 15) is 13.2 Å². The number of nitrogens with one attached hydrogen (secondary N) is 2. The molecule has 0 bridgehead atoms. The van der Waals surface area contributed by atoms with Gasteiger partial charge in [-0.3, -0.25) is 4.90 Å². The number of ether oxygens (including phenoxy) is 1. The second-order valence-corrected chi connectivity index (χ2v) is 7.91. The van der Waals surface area contributed by atoms with Crippen molar-refractivity contribution in [2.45, 2.75) is 26.3 Å². The number of halogens is 3. The van der Waals surface area contributed by atoms with Crippen LogP contribution in [-0.4, -0.2) is 78.5 Å². The van der Waals surface area contributed by atoms with Crippen LogP contribution in [0.3, 0.4) is 0 Å². The summed E-state index contributed by atoms with van der Waals surface area (Å²) < 4.78 is 41.8. The molecule has 0 unspecified atom stereocenters. The van der Waals surface area contributed by atoms with E-state index in [1.165, 1.54) is 18.2 Å². The van der Waals surface area contributed by atoms with E-state index in [1.54, 1.807) is 12.1 Å². The number of aromatic nitrogens is 2. The smallest absolute Gasteiger partial charge is 0.406 e. The molecule has 1 aromatic heterocycles. The Morgan fingerprint density at radius 1 is 1.10 bits per heavy atom. The zero-order chi connectivity index (χ0) is 22.4. The fraction of sp³-hybridized carbons (Fsp3) is 0.524. The highest BCUT2D eigenvalue weighted by Gasteiger charge is 2.31. The maximum absolute atomic E-state index is 12.6. The number of likely N-dealkylation sites (N-methyl/N-ethyl adjacent to an activating group) is 1. The van der Waals surface area contributed by atoms with Gasteiger partial charge in [0.1, 0.15) is 11.6 Å². The third-order valence-corrected chi connectivity index (χ3v) is 4.84. The van der Waals surface area contributed by atoms with Crippen LogP contribution in [-0.2, 0) is 0 Å². The first kappa shape index (κ1) is 23.1. The van der Waals surface area contributed by atoms with Crippen LogP contribution in [0.5, 0.6) is 5.75 Å². The SMILES string of the molecule is CC(C)Nc1nc(NCCN2CCN(C)CC2)cc(-c2cccc(OC(F)(F)F)c2)n1. The Hall–Kier alpha value is -2.59. The summed E-state index contributed by atoms with van der Waals surface area (Å²) in [4.78, 5) is 13.7. The number of piperazine rings is 1. The topological polar surface area (TPSA) is 65.6 Å². The highest BCUT2D eigenvalue weighted by molar-refractivity contribution is 5.66. The summed E-state index contributed by atoms with van der Waals surface area (Å²) in [6.07, 6.45) is -4.75. The van der Waals surface area contributed by atoms with Gasteiger partial charge < -0.3 is 20.3 Å². The summed E-state index contributed by atoms with van der Waals surface area (Å²) in [5.74, 6) is 0.743. The van der Waals surface area contributed by atoms with Gasteiger partial charge in [0.25, 0.3) is 0 Å². The number of anilines is 2. The van der Waals surface area contributed by atoms with Gasteiger partial charge in [-0.05, 0) is 33.0 Å². The molecule has 1 aliphatic rings. The lowest BCUT2D eigenvalue weighted by Gasteiger charge is -2.32. The van der Waals surface area contributed by atoms with Crippen molar-refractivity contribution in [3.8, 4) is 17.0 Å². The van der Waals surface area contributed by atoms with Crippen LogP contribution >= 0.6 is 0 Å². The highest BCUT2D eigenvalue weighted by atomic mass is 19.4. The molecule has 31 heavy (non-hydrogen) atoms. The second kappa shape index (κ2) is 10.1. The van der Waals surface area contributed by atoms with E-state index in [2.05, 4.69) is 42.2 Å². The summed E-state index contributed by atoms with van der Waals surface area (Å²) in [6, 6.07) is 7.63. The van der Waals surface area contributed by atoms with Crippen molar-refractivity contribution in [1.82, 2.24) is 19.8 Å². The fourth-order valence-corrected chi connectivity index (χ4v) is 3.27. The van der Waals surface area contributed by atoms with Crippen LogP contribution in [0.25, 0.3) is 11.3 Å². The average molecular weight is 438 g/mol. The number of benzene rings is 1. The summed E-state index contributed by atoms with van der Waals surface area (Å²) in [5.41, 5.74) is 1.02. The van der Waals surface area contributed by atoms with Gasteiger partial charge in [0.2, 0.25) is 5.95 Å². The first-order valence-electron chi connectivity index (χ1n) is 10.3. The standard InChI is InChI=1S/C21H29F3N6O/c1-15(2)26-20-27-18(16-5-4-6-17(13-16)31-21(22,23)24)14-19(28-20)25-7-8-30-11-9-29(3)10-12-30/h4-6,13-15H,7-12H2,1-3H3,(H2,25,26,27,28). The van der Waals surface area contributed by atoms with Gasteiger partial charge in [-0.15, -0.1) is 13.2 Å². The molecule has 0 aliphatic carbocycles. The van der Waals surface area contributed by atoms with Gasteiger partial charge in [0.05, 0.1) is 5.69 Å². The zero-order valence-corrected chi connectivity index (χ0v) is 18.0. The number of rotatable bonds is 8. The van der Waals surface area contributed by atoms with Gasteiger partial charge in [0.15, 0.2) is 0 Å². The van der Waals surface area contributed by atoms with E-state index in [0.717, 1.165) is 32.7 Å². The molecule has 0 saturated carbocycles. The maximum atomic E-state index is 12.6. The number of nitrogens with zero attached hydrogens (tertiary/aromatic N) is 4. The molecule has 10 heteroatoms. The minimum absolute atomic E-state index is 0.105. The average Bonchev–Trinajstić information content (AvgIpc) is 2.68. The van der Waals surface area contributed by atoms with Crippen molar-refractivity contribution in [2.24, 2.45) is 0 Å². The molecule has 0 amide bonds. The first-order chi connectivity index (χ1) is 14.7. The maximum Gasteiger partial charge on any atom is 0.573 e. The van der Waals surface area contributed by atoms with Crippen molar-refractivity contribution in [2.75, 3.05) is 56.9 Å². The molecule has 1 aromatic carbocycles. The largest absolute Gasteiger partial charge is 0.573 e. The van der Waals surface area contributed by atoms with Crippen LogP contribution in [0.2, 0.25) is 0 Å². The molecule has 1 fully saturated rings. The molecule has 2 heterocycles. The lowest BCUT2D eigenvalue weighted by molar-refractivity contribution is -0.274. The Balaban J connectivity index is 1.75. The molecule has 170 valence electrons. The quantitative estimate of drug-likeness (QED) is 0.654. The van der Waals surface area contributed by atoms with Gasteiger partial charge in [-0.2, -0.15) is 4.98 Å². The Morgan fingerprint density at radius 2 is 1.84 bits per heavy atom. The second-order valence-electron chi connectivity index (χ2n) is 7.91. The lowest BCUT2D eigenvalue weighted by Crippen LogP contribution is -2.45. The van der Waals surface area contributed by atoms with Crippen molar-refractivity contribution in [1.29, 1.82) is 0 Å². The lowest BCUT2D eigenvalue weighted by atomic mass is 10.1. The Morgan fingerprint density at radius 3 is 2.52 bits per heavy atom. The molecule has 7 nitrogen and oxygen atoms in total. The van der Waals surface area contributed by atoms with E-state index in [-0.39, 0.29) is 11.8 Å². The van der Waals surface area contributed by atoms with Gasteiger partial charge in [0, 0.05) is 56.9 Å². The van der Waals surface area contributed by atoms with Crippen molar-refractivity contribution >= 4 is 11.8 Å². The molecule has 0 radical (unpaired) electrons. The van der Waals surface area contributed by atoms with E-state index < -0.39 is 6.36 Å². The van der Waals surface area contributed by atoms with Gasteiger partial charge >= 0.3 is 6.36 Å². The monoisotopic (exact) mass is 438 g/mol. The van der Waals surface area contributed by atoms with E-state index in [4.69, 9.17) is 0 Å². The predicted octanol–water partition coefficient (Wildman–Crippen LogP) is 3.52. The number of hydrogen-bond donors (Lipinski definition) is 2. The molecule has 1 aliphatic heterocycles. The predicted molar refractivity (Wildman–Crippen MR) is 115 cm³/mol. The minimum Gasteiger partial charge on any atom is -0.406 e. The van der Waals surface area contributed by atoms with Crippen LogP contribution in [0.15, 0.2) is 30.3 Å². The minimum atomic E-state index is -4.75. The molecule has 2 aromatic rings. The molecular formula is C21H29F3N6O. The first-order valence-corrected chi connectivity index (χ1v) is 10.3. The zero-order valence-electron chi connectivity index (χ0n) is 18.0. The highest BCUT2D eigenvalue weighted by Crippen LogP contribution is 2.28. The Labute approximate surface area is 180 Å². The summed E-state index contributed by atoms with van der Waals surface area (Å²) in [7, 11) is 2.12. The molecule has 0 atom stereocenters. The summed E-state index contributed by atoms with van der Waals surface area (Å²) >= 11 is 0. The molecular weight excluding hydrogens is 409 g/mol. The van der Waals surface area contributed by atoms with E-state index in [1.807, 2.05) is 13.8 Å². The van der Waals surface area contributed by atoms with Crippen LogP contribution < -0.4 is 15.4 Å². The van der Waals surface area contributed by atoms with Crippen molar-refractivity contribution < 1.29 is 17.9 Å². The normalized spacial score (nSPS) is 15.8. The molecule has 2 N–H and O–H groups in total. The summed E-state index contributed by atoms with van der Waals surface area (Å²) in [6.45, 7) is 9.68. The van der Waals surface area contributed by atoms with E-state index >= 15 is 0 Å².